The molecule has 0 bridgehead atoms. The van der Waals surface area contributed by atoms with Gasteiger partial charge in [-0.3, -0.25) is 9.58 Å². The standard InChI is InChI=1S/C17H22ClN3O/c1-20-11-14(10-19-20)16-5-3-2-4-8-21(16)12-13-9-15(18)6-7-17(13)22/h6-7,9-11,16,22H,2-5,8,12H2,1H3/t16-/m0/s1. The minimum Gasteiger partial charge on any atom is -0.508 e. The van der Waals surface area contributed by atoms with Crippen molar-refractivity contribution in [2.45, 2.75) is 38.3 Å². The number of phenolic OH excluding ortho intramolecular Hbond substituents is 1. The average molecular weight is 320 g/mol. The molecule has 0 radical (unpaired) electrons. The molecular weight excluding hydrogens is 298 g/mol. The second-order valence-corrected chi connectivity index (χ2v) is 6.49. The van der Waals surface area contributed by atoms with Gasteiger partial charge in [-0.15, -0.1) is 0 Å². The molecule has 1 aliphatic rings. The zero-order valence-electron chi connectivity index (χ0n) is 12.9. The summed E-state index contributed by atoms with van der Waals surface area (Å²) < 4.78 is 1.86. The Labute approximate surface area is 136 Å². The van der Waals surface area contributed by atoms with Crippen molar-refractivity contribution in [1.29, 1.82) is 0 Å². The molecule has 0 unspecified atom stereocenters. The number of benzene rings is 1. The van der Waals surface area contributed by atoms with Crippen molar-refractivity contribution in [3.8, 4) is 5.75 Å². The Morgan fingerprint density at radius 3 is 2.95 bits per heavy atom. The highest BCUT2D eigenvalue weighted by Gasteiger charge is 2.24. The number of aryl methyl sites for hydroxylation is 1. The van der Waals surface area contributed by atoms with E-state index in [-0.39, 0.29) is 0 Å². The molecule has 1 aliphatic heterocycles. The summed E-state index contributed by atoms with van der Waals surface area (Å²) in [6.45, 7) is 1.75. The van der Waals surface area contributed by atoms with Gasteiger partial charge < -0.3 is 5.11 Å². The van der Waals surface area contributed by atoms with Gasteiger partial charge in [0.2, 0.25) is 0 Å². The van der Waals surface area contributed by atoms with Crippen molar-refractivity contribution in [1.82, 2.24) is 14.7 Å². The number of aromatic hydroxyl groups is 1. The predicted molar refractivity (Wildman–Crippen MR) is 87.9 cm³/mol. The Balaban J connectivity index is 1.85. The number of rotatable bonds is 3. The molecule has 4 nitrogen and oxygen atoms in total. The Bertz CT molecular complexity index is 641. The van der Waals surface area contributed by atoms with Crippen molar-refractivity contribution < 1.29 is 5.11 Å². The van der Waals surface area contributed by atoms with Gasteiger partial charge in [0.1, 0.15) is 5.75 Å². The van der Waals surface area contributed by atoms with Gasteiger partial charge in [0.25, 0.3) is 0 Å². The van der Waals surface area contributed by atoms with Gasteiger partial charge in [0.05, 0.1) is 6.20 Å². The van der Waals surface area contributed by atoms with E-state index in [1.807, 2.05) is 24.0 Å². The lowest BCUT2D eigenvalue weighted by Crippen LogP contribution is -2.28. The number of phenols is 1. The maximum atomic E-state index is 10.1. The van der Waals surface area contributed by atoms with Crippen LogP contribution in [0, 0.1) is 0 Å². The first kappa shape index (κ1) is 15.4. The zero-order chi connectivity index (χ0) is 15.5. The Kier molecular flexibility index (Phi) is 4.69. The first-order valence-corrected chi connectivity index (χ1v) is 8.21. The second kappa shape index (κ2) is 6.71. The zero-order valence-corrected chi connectivity index (χ0v) is 13.6. The van der Waals surface area contributed by atoms with Crippen LogP contribution < -0.4 is 0 Å². The van der Waals surface area contributed by atoms with Gasteiger partial charge in [0.15, 0.2) is 0 Å². The van der Waals surface area contributed by atoms with E-state index >= 15 is 0 Å². The third-order valence-corrected chi connectivity index (χ3v) is 4.62. The van der Waals surface area contributed by atoms with E-state index < -0.39 is 0 Å². The van der Waals surface area contributed by atoms with E-state index in [1.165, 1.54) is 24.8 Å². The highest BCUT2D eigenvalue weighted by molar-refractivity contribution is 6.30. The van der Waals surface area contributed by atoms with E-state index in [0.29, 0.717) is 23.4 Å². The van der Waals surface area contributed by atoms with E-state index in [4.69, 9.17) is 11.6 Å². The van der Waals surface area contributed by atoms with Gasteiger partial charge >= 0.3 is 0 Å². The highest BCUT2D eigenvalue weighted by Crippen LogP contribution is 2.33. The Morgan fingerprint density at radius 2 is 2.18 bits per heavy atom. The van der Waals surface area contributed by atoms with Crippen LogP contribution in [0.4, 0.5) is 0 Å². The normalized spacial score (nSPS) is 20.0. The summed E-state index contributed by atoms with van der Waals surface area (Å²) in [5.74, 6) is 0.318. The molecule has 1 N–H and O–H groups in total. The molecule has 1 saturated heterocycles. The van der Waals surface area contributed by atoms with Crippen molar-refractivity contribution >= 4 is 11.6 Å². The molecule has 1 aromatic carbocycles. The first-order valence-electron chi connectivity index (χ1n) is 7.83. The smallest absolute Gasteiger partial charge is 0.120 e. The van der Waals surface area contributed by atoms with Gasteiger partial charge in [-0.2, -0.15) is 5.10 Å². The third kappa shape index (κ3) is 3.45. The molecule has 2 aromatic rings. The lowest BCUT2D eigenvalue weighted by Gasteiger charge is -2.29. The van der Waals surface area contributed by atoms with Crippen molar-refractivity contribution in [3.05, 3.63) is 46.7 Å². The van der Waals surface area contributed by atoms with Crippen molar-refractivity contribution in [2.75, 3.05) is 6.54 Å². The molecule has 0 aliphatic carbocycles. The van der Waals surface area contributed by atoms with Crippen LogP contribution >= 0.6 is 11.6 Å². The number of hydrogen-bond acceptors (Lipinski definition) is 3. The fraction of sp³-hybridized carbons (Fsp3) is 0.471. The van der Waals surface area contributed by atoms with Gasteiger partial charge in [0, 0.05) is 42.0 Å². The first-order chi connectivity index (χ1) is 10.6. The van der Waals surface area contributed by atoms with Crippen LogP contribution in [0.2, 0.25) is 5.02 Å². The summed E-state index contributed by atoms with van der Waals surface area (Å²) in [5, 5.41) is 15.1. The quantitative estimate of drug-likeness (QED) is 0.933. The Hall–Kier alpha value is -1.52. The maximum Gasteiger partial charge on any atom is 0.120 e. The summed E-state index contributed by atoms with van der Waals surface area (Å²) in [6.07, 6.45) is 8.87. The summed E-state index contributed by atoms with van der Waals surface area (Å²) in [5.41, 5.74) is 2.15. The molecule has 1 aromatic heterocycles. The van der Waals surface area contributed by atoms with E-state index in [0.717, 1.165) is 18.5 Å². The molecule has 1 fully saturated rings. The van der Waals surface area contributed by atoms with Crippen LogP contribution in [-0.4, -0.2) is 26.3 Å². The summed E-state index contributed by atoms with van der Waals surface area (Å²) in [7, 11) is 1.95. The molecule has 3 rings (SSSR count). The minimum atomic E-state index is 0.318. The molecule has 22 heavy (non-hydrogen) atoms. The lowest BCUT2D eigenvalue weighted by molar-refractivity contribution is 0.190. The largest absolute Gasteiger partial charge is 0.508 e. The molecule has 0 spiro atoms. The fourth-order valence-electron chi connectivity index (χ4n) is 3.25. The maximum absolute atomic E-state index is 10.1. The SMILES string of the molecule is Cn1cc([C@@H]2CCCCCN2Cc2cc(Cl)ccc2O)cn1. The summed E-state index contributed by atoms with van der Waals surface area (Å²) in [4.78, 5) is 2.44. The molecule has 5 heteroatoms. The molecule has 118 valence electrons. The van der Waals surface area contributed by atoms with E-state index in [9.17, 15) is 5.11 Å². The topological polar surface area (TPSA) is 41.3 Å². The van der Waals surface area contributed by atoms with Crippen molar-refractivity contribution in [3.63, 3.8) is 0 Å². The van der Waals surface area contributed by atoms with Crippen molar-refractivity contribution in [2.24, 2.45) is 7.05 Å². The number of nitrogens with zero attached hydrogens (tertiary/aromatic N) is 3. The number of aromatic nitrogens is 2. The molecule has 1 atom stereocenters. The summed E-state index contributed by atoms with van der Waals surface area (Å²) >= 11 is 6.08. The van der Waals surface area contributed by atoms with E-state index in [2.05, 4.69) is 16.2 Å². The molecular formula is C17H22ClN3O. The molecule has 0 saturated carbocycles. The van der Waals surface area contributed by atoms with Crippen LogP contribution in [0.3, 0.4) is 0 Å². The van der Waals surface area contributed by atoms with Gasteiger partial charge in [-0.05, 0) is 37.6 Å². The van der Waals surface area contributed by atoms with Crippen LogP contribution in [0.15, 0.2) is 30.6 Å². The van der Waals surface area contributed by atoms with Gasteiger partial charge in [-0.25, -0.2) is 0 Å². The molecule has 0 amide bonds. The number of hydrogen-bond donors (Lipinski definition) is 1. The predicted octanol–water partition coefficient (Wildman–Crippen LogP) is 3.90. The Morgan fingerprint density at radius 1 is 1.32 bits per heavy atom. The number of halogens is 1. The lowest BCUT2D eigenvalue weighted by atomic mass is 10.0. The molecule has 2 heterocycles. The van der Waals surface area contributed by atoms with Crippen LogP contribution in [0.25, 0.3) is 0 Å². The van der Waals surface area contributed by atoms with Gasteiger partial charge in [-0.1, -0.05) is 24.4 Å². The second-order valence-electron chi connectivity index (χ2n) is 6.06. The monoisotopic (exact) mass is 319 g/mol. The van der Waals surface area contributed by atoms with Crippen LogP contribution in [0.1, 0.15) is 42.9 Å². The average Bonchev–Trinajstić information content (AvgIpc) is 2.78. The van der Waals surface area contributed by atoms with E-state index in [1.54, 1.807) is 12.1 Å². The minimum absolute atomic E-state index is 0.318. The van der Waals surface area contributed by atoms with Crippen LogP contribution in [0.5, 0.6) is 5.75 Å². The fourth-order valence-corrected chi connectivity index (χ4v) is 3.44. The highest BCUT2D eigenvalue weighted by atomic mass is 35.5. The third-order valence-electron chi connectivity index (χ3n) is 4.39. The number of likely N-dealkylation sites (tertiary alicyclic amines) is 1. The summed E-state index contributed by atoms with van der Waals surface area (Å²) in [6, 6.07) is 5.62. The van der Waals surface area contributed by atoms with Crippen LogP contribution in [-0.2, 0) is 13.6 Å².